The molecule has 118 valence electrons. The van der Waals surface area contributed by atoms with Crippen molar-refractivity contribution < 1.29 is 9.53 Å². The first-order valence-electron chi connectivity index (χ1n) is 7.08. The van der Waals surface area contributed by atoms with Gasteiger partial charge < -0.3 is 4.74 Å². The molecule has 0 aliphatic rings. The second kappa shape index (κ2) is 7.06. The highest BCUT2D eigenvalue weighted by Gasteiger charge is 2.08. The fourth-order valence-electron chi connectivity index (χ4n) is 2.04. The average molecular weight is 392 g/mol. The van der Waals surface area contributed by atoms with E-state index in [9.17, 15) is 4.79 Å². The van der Waals surface area contributed by atoms with E-state index in [1.54, 1.807) is 0 Å². The van der Waals surface area contributed by atoms with Crippen LogP contribution in [0.4, 0.5) is 5.13 Å². The zero-order chi connectivity index (χ0) is 16.2. The summed E-state index contributed by atoms with van der Waals surface area (Å²) in [6.45, 7) is 1.93. The molecule has 0 saturated heterocycles. The van der Waals surface area contributed by atoms with Crippen LogP contribution in [0.15, 0.2) is 40.9 Å². The van der Waals surface area contributed by atoms with Gasteiger partial charge in [-0.05, 0) is 41.5 Å². The van der Waals surface area contributed by atoms with E-state index in [0.29, 0.717) is 10.9 Å². The number of aryl methyl sites for hydroxylation is 1. The number of halogens is 1. The van der Waals surface area contributed by atoms with Gasteiger partial charge in [0.1, 0.15) is 10.8 Å². The number of carbonyl (C=O) groups is 1. The molecule has 0 saturated carbocycles. The first-order chi connectivity index (χ1) is 11.1. The first kappa shape index (κ1) is 15.9. The maximum Gasteiger partial charge on any atom is 0.264 e. The Labute approximate surface area is 145 Å². The molecule has 0 radical (unpaired) electrons. The van der Waals surface area contributed by atoms with Crippen LogP contribution in [0, 0.1) is 0 Å². The zero-order valence-electron chi connectivity index (χ0n) is 12.4. The van der Waals surface area contributed by atoms with Gasteiger partial charge in [-0.1, -0.05) is 46.3 Å². The molecule has 0 atom stereocenters. The number of aromatic nitrogens is 2. The largest absolute Gasteiger partial charge is 0.484 e. The van der Waals surface area contributed by atoms with Crippen molar-refractivity contribution in [2.24, 2.45) is 0 Å². The molecule has 0 aliphatic carbocycles. The Hall–Kier alpha value is -1.99. The second-order valence-corrected chi connectivity index (χ2v) is 6.82. The number of hydrogen-bond donors (Lipinski definition) is 1. The quantitative estimate of drug-likeness (QED) is 0.712. The predicted molar refractivity (Wildman–Crippen MR) is 95.1 cm³/mol. The van der Waals surface area contributed by atoms with E-state index in [0.717, 1.165) is 26.7 Å². The van der Waals surface area contributed by atoms with Crippen molar-refractivity contribution in [1.29, 1.82) is 0 Å². The van der Waals surface area contributed by atoms with Gasteiger partial charge in [0.05, 0.1) is 0 Å². The third kappa shape index (κ3) is 4.05. The number of hydrogen-bond acceptors (Lipinski definition) is 5. The van der Waals surface area contributed by atoms with E-state index in [1.165, 1.54) is 11.3 Å². The van der Waals surface area contributed by atoms with Crippen LogP contribution in [0.5, 0.6) is 5.75 Å². The summed E-state index contributed by atoms with van der Waals surface area (Å²) in [5, 5.41) is 14.1. The molecule has 0 spiro atoms. The standard InChI is InChI=1S/C16H14BrN3O2S/c1-2-15-19-20-16(23-15)18-14(21)9-22-13-6-4-10-7-12(17)5-3-11(10)8-13/h3-8H,2,9H2,1H3,(H,18,20,21). The van der Waals surface area contributed by atoms with Gasteiger partial charge in [0.25, 0.3) is 5.91 Å². The number of carbonyl (C=O) groups excluding carboxylic acids is 1. The number of nitrogens with zero attached hydrogens (tertiary/aromatic N) is 2. The summed E-state index contributed by atoms with van der Waals surface area (Å²) >= 11 is 4.82. The monoisotopic (exact) mass is 391 g/mol. The molecule has 7 heteroatoms. The third-order valence-corrected chi connectivity index (χ3v) is 4.64. The summed E-state index contributed by atoms with van der Waals surface area (Å²) in [4.78, 5) is 11.9. The number of anilines is 1. The van der Waals surface area contributed by atoms with Crippen LogP contribution in [0.1, 0.15) is 11.9 Å². The lowest BCUT2D eigenvalue weighted by Crippen LogP contribution is -2.20. The van der Waals surface area contributed by atoms with Gasteiger partial charge in [-0.2, -0.15) is 0 Å². The Morgan fingerprint density at radius 2 is 2.00 bits per heavy atom. The molecule has 0 bridgehead atoms. The Balaban J connectivity index is 1.61. The van der Waals surface area contributed by atoms with Crippen LogP contribution in [0.2, 0.25) is 0 Å². The van der Waals surface area contributed by atoms with Crippen LogP contribution in [-0.2, 0) is 11.2 Å². The minimum Gasteiger partial charge on any atom is -0.484 e. The second-order valence-electron chi connectivity index (χ2n) is 4.84. The topological polar surface area (TPSA) is 64.1 Å². The molecule has 5 nitrogen and oxygen atoms in total. The molecule has 3 rings (SSSR count). The van der Waals surface area contributed by atoms with Gasteiger partial charge in [-0.3, -0.25) is 10.1 Å². The van der Waals surface area contributed by atoms with E-state index >= 15 is 0 Å². The summed E-state index contributed by atoms with van der Waals surface area (Å²) < 4.78 is 6.57. The van der Waals surface area contributed by atoms with Gasteiger partial charge >= 0.3 is 0 Å². The van der Waals surface area contributed by atoms with Crippen molar-refractivity contribution >= 4 is 49.1 Å². The molecule has 23 heavy (non-hydrogen) atoms. The lowest BCUT2D eigenvalue weighted by molar-refractivity contribution is -0.118. The fourth-order valence-corrected chi connectivity index (χ4v) is 3.11. The molecule has 1 N–H and O–H groups in total. The number of amides is 1. The maximum atomic E-state index is 11.9. The van der Waals surface area contributed by atoms with Crippen molar-refractivity contribution in [3.63, 3.8) is 0 Å². The summed E-state index contributed by atoms with van der Waals surface area (Å²) in [7, 11) is 0. The van der Waals surface area contributed by atoms with Gasteiger partial charge in [-0.25, -0.2) is 0 Å². The van der Waals surface area contributed by atoms with E-state index in [2.05, 4.69) is 31.4 Å². The number of ether oxygens (including phenoxy) is 1. The molecule has 1 aromatic heterocycles. The van der Waals surface area contributed by atoms with Gasteiger partial charge in [0.15, 0.2) is 6.61 Å². The normalized spacial score (nSPS) is 10.7. The van der Waals surface area contributed by atoms with Crippen LogP contribution in [-0.4, -0.2) is 22.7 Å². The fraction of sp³-hybridized carbons (Fsp3) is 0.188. The molecule has 1 amide bonds. The van der Waals surface area contributed by atoms with Crippen LogP contribution in [0.25, 0.3) is 10.8 Å². The van der Waals surface area contributed by atoms with Gasteiger partial charge in [0, 0.05) is 4.47 Å². The summed E-state index contributed by atoms with van der Waals surface area (Å²) in [6, 6.07) is 11.7. The average Bonchev–Trinajstić information content (AvgIpc) is 3.00. The molecule has 0 aliphatic heterocycles. The Morgan fingerprint density at radius 1 is 1.22 bits per heavy atom. The molecule has 2 aromatic carbocycles. The Bertz CT molecular complexity index is 850. The number of rotatable bonds is 5. The molecule has 0 fully saturated rings. The van der Waals surface area contributed by atoms with E-state index in [4.69, 9.17) is 4.74 Å². The third-order valence-electron chi connectivity index (χ3n) is 3.16. The minimum atomic E-state index is -0.250. The highest BCUT2D eigenvalue weighted by atomic mass is 79.9. The molecule has 0 unspecified atom stereocenters. The lowest BCUT2D eigenvalue weighted by Gasteiger charge is -2.07. The maximum absolute atomic E-state index is 11.9. The van der Waals surface area contributed by atoms with Gasteiger partial charge in [0.2, 0.25) is 5.13 Å². The summed E-state index contributed by atoms with van der Waals surface area (Å²) in [5.41, 5.74) is 0. The zero-order valence-corrected chi connectivity index (χ0v) is 14.8. The molecule has 1 heterocycles. The number of nitrogens with one attached hydrogen (secondary N) is 1. The van der Waals surface area contributed by atoms with Crippen molar-refractivity contribution in [1.82, 2.24) is 10.2 Å². The predicted octanol–water partition coefficient (Wildman–Crippen LogP) is 4.03. The number of fused-ring (bicyclic) bond motifs is 1. The summed E-state index contributed by atoms with van der Waals surface area (Å²) in [6.07, 6.45) is 0.803. The minimum absolute atomic E-state index is 0.0664. The Kier molecular flexibility index (Phi) is 4.88. The van der Waals surface area contributed by atoms with E-state index in [-0.39, 0.29) is 12.5 Å². The van der Waals surface area contributed by atoms with Crippen molar-refractivity contribution in [2.75, 3.05) is 11.9 Å². The van der Waals surface area contributed by atoms with Crippen molar-refractivity contribution in [3.8, 4) is 5.75 Å². The van der Waals surface area contributed by atoms with Crippen LogP contribution in [0.3, 0.4) is 0 Å². The van der Waals surface area contributed by atoms with Gasteiger partial charge in [-0.15, -0.1) is 10.2 Å². The van der Waals surface area contributed by atoms with Crippen LogP contribution < -0.4 is 10.1 Å². The van der Waals surface area contributed by atoms with Crippen molar-refractivity contribution in [2.45, 2.75) is 13.3 Å². The molecule has 3 aromatic rings. The highest BCUT2D eigenvalue weighted by molar-refractivity contribution is 9.10. The highest BCUT2D eigenvalue weighted by Crippen LogP contribution is 2.24. The smallest absolute Gasteiger partial charge is 0.264 e. The van der Waals surface area contributed by atoms with E-state index in [1.807, 2.05) is 43.3 Å². The SMILES string of the molecule is CCc1nnc(NC(=O)COc2ccc3cc(Br)ccc3c2)s1. The molecular weight excluding hydrogens is 378 g/mol. The van der Waals surface area contributed by atoms with Crippen molar-refractivity contribution in [3.05, 3.63) is 45.9 Å². The Morgan fingerprint density at radius 3 is 2.78 bits per heavy atom. The summed E-state index contributed by atoms with van der Waals surface area (Å²) in [5.74, 6) is 0.404. The first-order valence-corrected chi connectivity index (χ1v) is 8.69. The van der Waals surface area contributed by atoms with E-state index < -0.39 is 0 Å². The number of benzene rings is 2. The molecular formula is C16H14BrN3O2S. The lowest BCUT2D eigenvalue weighted by atomic mass is 10.1. The van der Waals surface area contributed by atoms with Crippen LogP contribution >= 0.6 is 27.3 Å².